The predicted octanol–water partition coefficient (Wildman–Crippen LogP) is 2.87. The summed E-state index contributed by atoms with van der Waals surface area (Å²) in [4.78, 5) is 28.6. The van der Waals surface area contributed by atoms with Crippen molar-refractivity contribution < 1.29 is 4.79 Å². The number of aryl methyl sites for hydroxylation is 3. The SMILES string of the molecule is Cc1cc(C)c(NC(=O)Cn2nc(-c3cccnc3)ccc2=O)c(C)c1. The summed E-state index contributed by atoms with van der Waals surface area (Å²) in [6.45, 7) is 5.75. The summed E-state index contributed by atoms with van der Waals surface area (Å²) in [6, 6.07) is 10.7. The molecule has 132 valence electrons. The molecule has 0 unspecified atom stereocenters. The topological polar surface area (TPSA) is 76.9 Å². The van der Waals surface area contributed by atoms with Crippen molar-refractivity contribution in [1.29, 1.82) is 0 Å². The van der Waals surface area contributed by atoms with Gasteiger partial charge in [0.25, 0.3) is 5.56 Å². The standard InChI is InChI=1S/C20H20N4O2/c1-13-9-14(2)20(15(3)10-13)22-18(25)12-24-19(26)7-6-17(23-24)16-5-4-8-21-11-16/h4-11H,12H2,1-3H3,(H,22,25). The maximum Gasteiger partial charge on any atom is 0.267 e. The molecule has 0 aliphatic heterocycles. The lowest BCUT2D eigenvalue weighted by Crippen LogP contribution is -2.29. The van der Waals surface area contributed by atoms with E-state index < -0.39 is 0 Å². The number of amides is 1. The zero-order chi connectivity index (χ0) is 18.7. The van der Waals surface area contributed by atoms with Crippen LogP contribution < -0.4 is 10.9 Å². The smallest absolute Gasteiger partial charge is 0.267 e. The Balaban J connectivity index is 1.83. The Labute approximate surface area is 151 Å². The van der Waals surface area contributed by atoms with Crippen LogP contribution in [0.1, 0.15) is 16.7 Å². The molecule has 0 saturated carbocycles. The Kier molecular flexibility index (Phi) is 4.93. The Morgan fingerprint density at radius 3 is 2.50 bits per heavy atom. The molecule has 0 bridgehead atoms. The summed E-state index contributed by atoms with van der Waals surface area (Å²) >= 11 is 0. The van der Waals surface area contributed by atoms with Crippen LogP contribution in [0.5, 0.6) is 0 Å². The van der Waals surface area contributed by atoms with Crippen molar-refractivity contribution in [1.82, 2.24) is 14.8 Å². The van der Waals surface area contributed by atoms with Gasteiger partial charge in [-0.1, -0.05) is 17.7 Å². The van der Waals surface area contributed by atoms with E-state index in [1.165, 1.54) is 6.07 Å². The van der Waals surface area contributed by atoms with E-state index in [2.05, 4.69) is 15.4 Å². The van der Waals surface area contributed by atoms with Crippen molar-refractivity contribution in [2.75, 3.05) is 5.32 Å². The van der Waals surface area contributed by atoms with Gasteiger partial charge in [-0.05, 0) is 50.1 Å². The third-order valence-corrected chi connectivity index (χ3v) is 4.06. The number of rotatable bonds is 4. The fraction of sp³-hybridized carbons (Fsp3) is 0.200. The summed E-state index contributed by atoms with van der Waals surface area (Å²) in [5, 5.41) is 7.18. The van der Waals surface area contributed by atoms with Crippen molar-refractivity contribution in [3.05, 3.63) is 75.8 Å². The maximum atomic E-state index is 12.4. The minimum absolute atomic E-state index is 0.153. The molecule has 1 N–H and O–H groups in total. The zero-order valence-corrected chi connectivity index (χ0v) is 15.0. The highest BCUT2D eigenvalue weighted by molar-refractivity contribution is 5.92. The summed E-state index contributed by atoms with van der Waals surface area (Å²) < 4.78 is 1.16. The van der Waals surface area contributed by atoms with Crippen LogP contribution in [-0.4, -0.2) is 20.7 Å². The Bertz CT molecular complexity index is 987. The van der Waals surface area contributed by atoms with Crippen LogP contribution in [0.4, 0.5) is 5.69 Å². The van der Waals surface area contributed by atoms with Crippen LogP contribution in [-0.2, 0) is 11.3 Å². The van der Waals surface area contributed by atoms with E-state index in [0.29, 0.717) is 5.69 Å². The number of nitrogens with one attached hydrogen (secondary N) is 1. The number of hydrogen-bond donors (Lipinski definition) is 1. The van der Waals surface area contributed by atoms with Crippen molar-refractivity contribution in [3.8, 4) is 11.3 Å². The van der Waals surface area contributed by atoms with Crippen LogP contribution >= 0.6 is 0 Å². The summed E-state index contributed by atoms with van der Waals surface area (Å²) in [5.41, 5.74) is 4.93. The molecule has 1 aromatic carbocycles. The molecule has 6 nitrogen and oxygen atoms in total. The molecule has 0 atom stereocenters. The van der Waals surface area contributed by atoms with E-state index >= 15 is 0 Å². The van der Waals surface area contributed by atoms with Gasteiger partial charge in [-0.15, -0.1) is 0 Å². The average molecular weight is 348 g/mol. The molecule has 6 heteroatoms. The molecule has 0 spiro atoms. The van der Waals surface area contributed by atoms with Crippen LogP contribution in [0.2, 0.25) is 0 Å². The van der Waals surface area contributed by atoms with Gasteiger partial charge in [0.1, 0.15) is 6.54 Å². The molecule has 3 aromatic rings. The number of carbonyl (C=O) groups is 1. The monoisotopic (exact) mass is 348 g/mol. The van der Waals surface area contributed by atoms with E-state index in [-0.39, 0.29) is 18.0 Å². The highest BCUT2D eigenvalue weighted by Gasteiger charge is 2.11. The van der Waals surface area contributed by atoms with Crippen LogP contribution in [0, 0.1) is 20.8 Å². The van der Waals surface area contributed by atoms with Gasteiger partial charge < -0.3 is 5.32 Å². The van der Waals surface area contributed by atoms with Crippen LogP contribution in [0.25, 0.3) is 11.3 Å². The largest absolute Gasteiger partial charge is 0.324 e. The third-order valence-electron chi connectivity index (χ3n) is 4.06. The van der Waals surface area contributed by atoms with E-state index in [9.17, 15) is 9.59 Å². The molecular formula is C20H20N4O2. The number of anilines is 1. The minimum Gasteiger partial charge on any atom is -0.324 e. The van der Waals surface area contributed by atoms with Gasteiger partial charge in [-0.25, -0.2) is 4.68 Å². The van der Waals surface area contributed by atoms with E-state index in [1.807, 2.05) is 39.0 Å². The lowest BCUT2D eigenvalue weighted by Gasteiger charge is -2.13. The predicted molar refractivity (Wildman–Crippen MR) is 101 cm³/mol. The van der Waals surface area contributed by atoms with Gasteiger partial charge in [0.05, 0.1) is 5.69 Å². The Morgan fingerprint density at radius 1 is 1.12 bits per heavy atom. The van der Waals surface area contributed by atoms with Gasteiger partial charge >= 0.3 is 0 Å². The molecule has 3 rings (SSSR count). The van der Waals surface area contributed by atoms with Gasteiger partial charge in [-0.2, -0.15) is 5.10 Å². The van der Waals surface area contributed by atoms with Gasteiger partial charge in [0, 0.05) is 29.7 Å². The van der Waals surface area contributed by atoms with Gasteiger partial charge in [0.15, 0.2) is 0 Å². The summed E-state index contributed by atoms with van der Waals surface area (Å²) in [6.07, 6.45) is 3.33. The zero-order valence-electron chi connectivity index (χ0n) is 15.0. The first-order valence-corrected chi connectivity index (χ1v) is 8.30. The lowest BCUT2D eigenvalue weighted by molar-refractivity contribution is -0.117. The third kappa shape index (κ3) is 3.85. The molecule has 2 heterocycles. The second kappa shape index (κ2) is 7.31. The molecule has 0 saturated heterocycles. The first kappa shape index (κ1) is 17.5. The van der Waals surface area contributed by atoms with E-state index in [4.69, 9.17) is 0 Å². The van der Waals surface area contributed by atoms with Crippen molar-refractivity contribution in [2.24, 2.45) is 0 Å². The number of nitrogens with zero attached hydrogens (tertiary/aromatic N) is 3. The number of carbonyl (C=O) groups excluding carboxylic acids is 1. The van der Waals surface area contributed by atoms with Crippen LogP contribution in [0.15, 0.2) is 53.6 Å². The average Bonchev–Trinajstić information content (AvgIpc) is 2.61. The van der Waals surface area contributed by atoms with Crippen molar-refractivity contribution >= 4 is 11.6 Å². The highest BCUT2D eigenvalue weighted by Crippen LogP contribution is 2.21. The molecule has 2 aromatic heterocycles. The number of benzene rings is 1. The van der Waals surface area contributed by atoms with Crippen molar-refractivity contribution in [3.63, 3.8) is 0 Å². The number of hydrogen-bond acceptors (Lipinski definition) is 4. The molecule has 1 amide bonds. The normalized spacial score (nSPS) is 10.6. The van der Waals surface area contributed by atoms with Crippen LogP contribution in [0.3, 0.4) is 0 Å². The highest BCUT2D eigenvalue weighted by atomic mass is 16.2. The first-order chi connectivity index (χ1) is 12.4. The van der Waals surface area contributed by atoms with Gasteiger partial charge in [-0.3, -0.25) is 14.6 Å². The molecule has 0 radical (unpaired) electrons. The number of aromatic nitrogens is 3. The maximum absolute atomic E-state index is 12.4. The first-order valence-electron chi connectivity index (χ1n) is 8.30. The molecular weight excluding hydrogens is 328 g/mol. The lowest BCUT2D eigenvalue weighted by atomic mass is 10.1. The van der Waals surface area contributed by atoms with Gasteiger partial charge in [0.2, 0.25) is 5.91 Å². The summed E-state index contributed by atoms with van der Waals surface area (Å²) in [7, 11) is 0. The summed E-state index contributed by atoms with van der Waals surface area (Å²) in [5.74, 6) is -0.294. The molecule has 0 fully saturated rings. The molecule has 26 heavy (non-hydrogen) atoms. The number of pyridine rings is 1. The fourth-order valence-electron chi connectivity index (χ4n) is 2.92. The quantitative estimate of drug-likeness (QED) is 0.786. The second-order valence-corrected chi connectivity index (χ2v) is 6.28. The molecule has 0 aliphatic rings. The minimum atomic E-state index is -0.329. The second-order valence-electron chi connectivity index (χ2n) is 6.28. The molecule has 0 aliphatic carbocycles. The fourth-order valence-corrected chi connectivity index (χ4v) is 2.92. The van der Waals surface area contributed by atoms with E-state index in [1.54, 1.807) is 24.5 Å². The Hall–Kier alpha value is -3.28. The van der Waals surface area contributed by atoms with Crippen molar-refractivity contribution in [2.45, 2.75) is 27.3 Å². The van der Waals surface area contributed by atoms with E-state index in [0.717, 1.165) is 32.6 Å². The Morgan fingerprint density at radius 2 is 1.85 bits per heavy atom.